The van der Waals surface area contributed by atoms with Gasteiger partial charge in [0.25, 0.3) is 0 Å². The predicted molar refractivity (Wildman–Crippen MR) is 97.5 cm³/mol. The van der Waals surface area contributed by atoms with E-state index >= 15 is 0 Å². The summed E-state index contributed by atoms with van der Waals surface area (Å²) in [7, 11) is 1.37. The number of nitrogens with zero attached hydrogens (tertiary/aromatic N) is 4. The minimum atomic E-state index is -0.394. The molecule has 0 spiro atoms. The molecule has 2 fully saturated rings. The highest BCUT2D eigenvalue weighted by Gasteiger charge is 2.35. The van der Waals surface area contributed by atoms with Gasteiger partial charge in [-0.15, -0.1) is 0 Å². The van der Waals surface area contributed by atoms with Crippen molar-refractivity contribution >= 4 is 12.0 Å². The summed E-state index contributed by atoms with van der Waals surface area (Å²) in [5.74, 6) is 0.0646. The first-order valence-corrected chi connectivity index (χ1v) is 9.44. The third-order valence-electron chi connectivity index (χ3n) is 5.21. The van der Waals surface area contributed by atoms with Gasteiger partial charge in [0.05, 0.1) is 12.8 Å². The fourth-order valence-corrected chi connectivity index (χ4v) is 3.80. The second-order valence-electron chi connectivity index (χ2n) is 6.95. The van der Waals surface area contributed by atoms with Gasteiger partial charge in [-0.25, -0.2) is 4.79 Å². The van der Waals surface area contributed by atoms with E-state index in [9.17, 15) is 9.59 Å². The van der Waals surface area contributed by atoms with Crippen molar-refractivity contribution in [3.63, 3.8) is 0 Å². The van der Waals surface area contributed by atoms with Gasteiger partial charge in [0.2, 0.25) is 5.91 Å². The number of methoxy groups -OCH3 is 1. The average molecular weight is 360 g/mol. The van der Waals surface area contributed by atoms with E-state index in [0.717, 1.165) is 57.6 Å². The number of pyridine rings is 1. The molecule has 0 unspecified atom stereocenters. The Labute approximate surface area is 154 Å². The minimum Gasteiger partial charge on any atom is -0.453 e. The van der Waals surface area contributed by atoms with Crippen LogP contribution in [-0.2, 0) is 16.1 Å². The molecule has 0 aromatic carbocycles. The summed E-state index contributed by atoms with van der Waals surface area (Å²) in [5.41, 5.74) is 1.05. The highest BCUT2D eigenvalue weighted by atomic mass is 16.5. The quantitative estimate of drug-likeness (QED) is 0.821. The summed E-state index contributed by atoms with van der Waals surface area (Å²) >= 11 is 0. The highest BCUT2D eigenvalue weighted by molar-refractivity contribution is 5.86. The first kappa shape index (κ1) is 18.6. The van der Waals surface area contributed by atoms with E-state index in [2.05, 4.69) is 9.88 Å². The molecular formula is C19H28N4O3. The Morgan fingerprint density at radius 1 is 1.12 bits per heavy atom. The van der Waals surface area contributed by atoms with Crippen LogP contribution in [-0.4, -0.2) is 77.6 Å². The van der Waals surface area contributed by atoms with Crippen LogP contribution in [0.4, 0.5) is 4.79 Å². The van der Waals surface area contributed by atoms with Crippen LogP contribution in [0.25, 0.3) is 0 Å². The van der Waals surface area contributed by atoms with Gasteiger partial charge in [-0.3, -0.25) is 19.6 Å². The van der Waals surface area contributed by atoms with Crippen molar-refractivity contribution in [2.24, 2.45) is 0 Å². The average Bonchev–Trinajstić information content (AvgIpc) is 2.93. The second-order valence-corrected chi connectivity index (χ2v) is 6.95. The zero-order valence-corrected chi connectivity index (χ0v) is 15.5. The Kier molecular flexibility index (Phi) is 6.44. The number of carbonyl (C=O) groups excluding carboxylic acids is 2. The SMILES string of the molecule is COC(=O)N1CCCC[C@H]1C(=O)N1CCCN(Cc2ccccn2)CC1. The summed E-state index contributed by atoms with van der Waals surface area (Å²) in [5, 5.41) is 0. The standard InChI is InChI=1S/C19H28N4O3/c1-26-19(25)23-12-5-3-8-17(23)18(24)22-11-6-10-21(13-14-22)15-16-7-2-4-9-20-16/h2,4,7,9,17H,3,5-6,8,10-15H2,1H3/t17-/m0/s1. The lowest BCUT2D eigenvalue weighted by Crippen LogP contribution is -2.53. The van der Waals surface area contributed by atoms with E-state index < -0.39 is 6.09 Å². The topological polar surface area (TPSA) is 66.0 Å². The largest absolute Gasteiger partial charge is 0.453 e. The summed E-state index contributed by atoms with van der Waals surface area (Å²) in [6.07, 6.45) is 4.98. The van der Waals surface area contributed by atoms with Crippen LogP contribution in [0.5, 0.6) is 0 Å². The molecule has 0 aliphatic carbocycles. The maximum atomic E-state index is 13.0. The fraction of sp³-hybridized carbons (Fsp3) is 0.632. The van der Waals surface area contributed by atoms with Crippen LogP contribution in [0, 0.1) is 0 Å². The number of hydrogen-bond acceptors (Lipinski definition) is 5. The van der Waals surface area contributed by atoms with Crippen LogP contribution in [0.2, 0.25) is 0 Å². The summed E-state index contributed by atoms with van der Waals surface area (Å²) in [6, 6.07) is 5.58. The number of ether oxygens (including phenoxy) is 1. The van der Waals surface area contributed by atoms with Crippen molar-refractivity contribution < 1.29 is 14.3 Å². The molecule has 0 N–H and O–H groups in total. The van der Waals surface area contributed by atoms with Gasteiger partial charge in [0.1, 0.15) is 6.04 Å². The van der Waals surface area contributed by atoms with E-state index in [1.165, 1.54) is 7.11 Å². The van der Waals surface area contributed by atoms with E-state index in [1.807, 2.05) is 29.3 Å². The first-order valence-electron chi connectivity index (χ1n) is 9.44. The molecule has 1 aromatic heterocycles. The van der Waals surface area contributed by atoms with Gasteiger partial charge in [-0.05, 0) is 37.8 Å². The molecule has 1 aromatic rings. The number of aromatic nitrogens is 1. The molecular weight excluding hydrogens is 332 g/mol. The molecule has 2 amide bonds. The predicted octanol–water partition coefficient (Wildman–Crippen LogP) is 1.74. The number of amides is 2. The van der Waals surface area contributed by atoms with Crippen molar-refractivity contribution in [3.8, 4) is 0 Å². The molecule has 26 heavy (non-hydrogen) atoms. The molecule has 7 nitrogen and oxygen atoms in total. The van der Waals surface area contributed by atoms with E-state index in [0.29, 0.717) is 13.1 Å². The molecule has 3 rings (SSSR count). The summed E-state index contributed by atoms with van der Waals surface area (Å²) in [4.78, 5) is 35.3. The molecule has 0 bridgehead atoms. The summed E-state index contributed by atoms with van der Waals surface area (Å²) in [6.45, 7) is 4.61. The van der Waals surface area contributed by atoms with Crippen LogP contribution >= 0.6 is 0 Å². The zero-order chi connectivity index (χ0) is 18.4. The number of carbonyl (C=O) groups is 2. The van der Waals surface area contributed by atoms with Crippen molar-refractivity contribution in [1.29, 1.82) is 0 Å². The second kappa shape index (κ2) is 8.98. The van der Waals surface area contributed by atoms with Crippen LogP contribution in [0.3, 0.4) is 0 Å². The Balaban J connectivity index is 1.59. The number of likely N-dealkylation sites (tertiary alicyclic amines) is 1. The molecule has 2 aliphatic rings. The van der Waals surface area contributed by atoms with Crippen LogP contribution in [0.1, 0.15) is 31.4 Å². The lowest BCUT2D eigenvalue weighted by atomic mass is 10.0. The van der Waals surface area contributed by atoms with Gasteiger partial charge in [0, 0.05) is 45.5 Å². The molecule has 2 aliphatic heterocycles. The van der Waals surface area contributed by atoms with E-state index in [4.69, 9.17) is 4.74 Å². The van der Waals surface area contributed by atoms with Gasteiger partial charge < -0.3 is 9.64 Å². The van der Waals surface area contributed by atoms with Crippen LogP contribution in [0.15, 0.2) is 24.4 Å². The minimum absolute atomic E-state index is 0.0646. The number of piperidine rings is 1. The molecule has 1 atom stereocenters. The Morgan fingerprint density at radius 2 is 2.00 bits per heavy atom. The lowest BCUT2D eigenvalue weighted by molar-refractivity contribution is -0.137. The lowest BCUT2D eigenvalue weighted by Gasteiger charge is -2.36. The van der Waals surface area contributed by atoms with Gasteiger partial charge in [-0.1, -0.05) is 6.07 Å². The number of rotatable bonds is 3. The third kappa shape index (κ3) is 4.52. The monoisotopic (exact) mass is 360 g/mol. The van der Waals surface area contributed by atoms with Crippen molar-refractivity contribution in [2.45, 2.75) is 38.3 Å². The highest BCUT2D eigenvalue weighted by Crippen LogP contribution is 2.21. The van der Waals surface area contributed by atoms with Gasteiger partial charge in [-0.2, -0.15) is 0 Å². The van der Waals surface area contributed by atoms with Crippen molar-refractivity contribution in [2.75, 3.05) is 39.8 Å². The maximum Gasteiger partial charge on any atom is 0.410 e. The Bertz CT molecular complexity index is 610. The van der Waals surface area contributed by atoms with E-state index in [-0.39, 0.29) is 11.9 Å². The molecule has 0 saturated carbocycles. The molecule has 142 valence electrons. The zero-order valence-electron chi connectivity index (χ0n) is 15.5. The molecule has 0 radical (unpaired) electrons. The van der Waals surface area contributed by atoms with Crippen molar-refractivity contribution in [3.05, 3.63) is 30.1 Å². The van der Waals surface area contributed by atoms with Crippen LogP contribution < -0.4 is 0 Å². The van der Waals surface area contributed by atoms with E-state index in [1.54, 1.807) is 4.90 Å². The fourth-order valence-electron chi connectivity index (χ4n) is 3.80. The summed E-state index contributed by atoms with van der Waals surface area (Å²) < 4.78 is 4.87. The molecule has 2 saturated heterocycles. The van der Waals surface area contributed by atoms with Crippen molar-refractivity contribution in [1.82, 2.24) is 19.7 Å². The van der Waals surface area contributed by atoms with Gasteiger partial charge >= 0.3 is 6.09 Å². The maximum absolute atomic E-state index is 13.0. The molecule has 7 heteroatoms. The first-order chi connectivity index (χ1) is 12.7. The number of hydrogen-bond donors (Lipinski definition) is 0. The smallest absolute Gasteiger partial charge is 0.410 e. The Hall–Kier alpha value is -2.15. The Morgan fingerprint density at radius 3 is 2.77 bits per heavy atom. The third-order valence-corrected chi connectivity index (χ3v) is 5.21. The van der Waals surface area contributed by atoms with Gasteiger partial charge in [0.15, 0.2) is 0 Å². The normalized spacial score (nSPS) is 22.0. The molecule has 3 heterocycles.